The molecular weight excluding hydrogens is 268 g/mol. The van der Waals surface area contributed by atoms with E-state index >= 15 is 0 Å². The third-order valence-corrected chi connectivity index (χ3v) is 3.79. The molecule has 21 heavy (non-hydrogen) atoms. The molecule has 0 fully saturated rings. The Labute approximate surface area is 128 Å². The van der Waals surface area contributed by atoms with Crippen molar-refractivity contribution in [1.29, 1.82) is 0 Å². The maximum atomic E-state index is 11.9. The lowest BCUT2D eigenvalue weighted by Crippen LogP contribution is -2.31. The van der Waals surface area contributed by atoms with Gasteiger partial charge in [-0.2, -0.15) is 0 Å². The number of carboxylic acids is 1. The number of hydrogen-bond donors (Lipinski definition) is 3. The van der Waals surface area contributed by atoms with Gasteiger partial charge in [0.2, 0.25) is 5.91 Å². The monoisotopic (exact) mass is 300 g/mol. The molecule has 0 rings (SSSR count). The number of nitrogens with one attached hydrogen (secondary N) is 1. The van der Waals surface area contributed by atoms with E-state index in [0.717, 1.165) is 25.7 Å². The first-order valence-electron chi connectivity index (χ1n) is 8.07. The second kappa shape index (κ2) is 11.5. The van der Waals surface area contributed by atoms with Crippen LogP contribution in [0.2, 0.25) is 0 Å². The summed E-state index contributed by atoms with van der Waals surface area (Å²) in [6.07, 6.45) is 4.28. The zero-order valence-electron chi connectivity index (χ0n) is 13.7. The van der Waals surface area contributed by atoms with Crippen molar-refractivity contribution in [3.8, 4) is 0 Å². The van der Waals surface area contributed by atoms with Crippen molar-refractivity contribution in [1.82, 2.24) is 5.32 Å². The van der Waals surface area contributed by atoms with Crippen molar-refractivity contribution in [2.75, 3.05) is 13.1 Å². The lowest BCUT2D eigenvalue weighted by molar-refractivity contribution is -0.138. The van der Waals surface area contributed by atoms with E-state index in [4.69, 9.17) is 10.8 Å². The molecule has 0 saturated carbocycles. The Morgan fingerprint density at radius 3 is 2.33 bits per heavy atom. The van der Waals surface area contributed by atoms with Crippen molar-refractivity contribution in [3.05, 3.63) is 0 Å². The number of carbonyl (C=O) groups excluding carboxylic acids is 1. The van der Waals surface area contributed by atoms with E-state index in [9.17, 15) is 9.59 Å². The predicted octanol–water partition coefficient (Wildman–Crippen LogP) is 2.39. The minimum absolute atomic E-state index is 0.0115. The molecule has 5 nitrogen and oxygen atoms in total. The molecule has 2 atom stereocenters. The van der Waals surface area contributed by atoms with Crippen molar-refractivity contribution in [3.63, 3.8) is 0 Å². The number of nitrogens with two attached hydrogens (primary N) is 1. The van der Waals surface area contributed by atoms with Gasteiger partial charge < -0.3 is 16.2 Å². The molecule has 0 aromatic carbocycles. The van der Waals surface area contributed by atoms with Crippen molar-refractivity contribution >= 4 is 11.9 Å². The Morgan fingerprint density at radius 1 is 1.19 bits per heavy atom. The Balaban J connectivity index is 4.08. The maximum absolute atomic E-state index is 11.9. The summed E-state index contributed by atoms with van der Waals surface area (Å²) in [5.41, 5.74) is 5.55. The topological polar surface area (TPSA) is 92.4 Å². The summed E-state index contributed by atoms with van der Waals surface area (Å²) >= 11 is 0. The molecule has 0 saturated heterocycles. The molecule has 5 heteroatoms. The van der Waals surface area contributed by atoms with E-state index in [1.165, 1.54) is 0 Å². The van der Waals surface area contributed by atoms with Crippen molar-refractivity contribution < 1.29 is 14.7 Å². The number of aliphatic carboxylic acids is 1. The first kappa shape index (κ1) is 19.9. The highest BCUT2D eigenvalue weighted by Crippen LogP contribution is 2.16. The van der Waals surface area contributed by atoms with Gasteiger partial charge in [-0.25, -0.2) is 0 Å². The third kappa shape index (κ3) is 11.3. The standard InChI is InChI=1S/C16H32N2O3/c1-4-13(7-8-17)5-6-15(19)18-11-14(9-12(2)3)10-16(20)21/h12-14H,4-11,17H2,1-3H3,(H,18,19)(H,20,21)/t13?,14-/m0/s1. The van der Waals surface area contributed by atoms with Crippen LogP contribution in [-0.4, -0.2) is 30.1 Å². The van der Waals surface area contributed by atoms with Gasteiger partial charge in [-0.1, -0.05) is 27.2 Å². The maximum Gasteiger partial charge on any atom is 0.303 e. The van der Waals surface area contributed by atoms with E-state index in [0.29, 0.717) is 31.3 Å². The molecule has 0 spiro atoms. The van der Waals surface area contributed by atoms with Crippen LogP contribution in [0.5, 0.6) is 0 Å². The Bertz CT molecular complexity index is 306. The number of hydrogen-bond acceptors (Lipinski definition) is 3. The van der Waals surface area contributed by atoms with Crippen LogP contribution >= 0.6 is 0 Å². The van der Waals surface area contributed by atoms with Gasteiger partial charge in [-0.15, -0.1) is 0 Å². The summed E-state index contributed by atoms with van der Waals surface area (Å²) in [5, 5.41) is 11.8. The van der Waals surface area contributed by atoms with Crippen LogP contribution in [-0.2, 0) is 9.59 Å². The summed E-state index contributed by atoms with van der Waals surface area (Å²) < 4.78 is 0. The minimum Gasteiger partial charge on any atom is -0.481 e. The molecule has 0 heterocycles. The van der Waals surface area contributed by atoms with Crippen molar-refractivity contribution in [2.24, 2.45) is 23.5 Å². The molecule has 0 aliphatic heterocycles. The number of carboxylic acid groups (broad SMARTS) is 1. The van der Waals surface area contributed by atoms with Gasteiger partial charge in [0.25, 0.3) is 0 Å². The highest BCUT2D eigenvalue weighted by molar-refractivity contribution is 5.76. The first-order valence-corrected chi connectivity index (χ1v) is 8.07. The molecule has 0 aliphatic carbocycles. The van der Waals surface area contributed by atoms with Crippen LogP contribution in [0.3, 0.4) is 0 Å². The molecule has 0 bridgehead atoms. The number of carbonyl (C=O) groups is 2. The summed E-state index contributed by atoms with van der Waals surface area (Å²) in [6, 6.07) is 0. The van der Waals surface area contributed by atoms with Crippen molar-refractivity contribution in [2.45, 2.75) is 59.3 Å². The largest absolute Gasteiger partial charge is 0.481 e. The van der Waals surface area contributed by atoms with Gasteiger partial charge in [0, 0.05) is 19.4 Å². The predicted molar refractivity (Wildman–Crippen MR) is 84.9 cm³/mol. The van der Waals surface area contributed by atoms with Crippen LogP contribution in [0, 0.1) is 17.8 Å². The van der Waals surface area contributed by atoms with Gasteiger partial charge in [0.15, 0.2) is 0 Å². The summed E-state index contributed by atoms with van der Waals surface area (Å²) in [5.74, 6) is 0.164. The molecule has 124 valence electrons. The van der Waals surface area contributed by atoms with E-state index in [1.54, 1.807) is 0 Å². The second-order valence-corrected chi connectivity index (χ2v) is 6.29. The fourth-order valence-electron chi connectivity index (χ4n) is 2.62. The molecular formula is C16H32N2O3. The fourth-order valence-corrected chi connectivity index (χ4v) is 2.62. The highest BCUT2D eigenvalue weighted by atomic mass is 16.4. The van der Waals surface area contributed by atoms with Crippen LogP contribution in [0.1, 0.15) is 59.3 Å². The average Bonchev–Trinajstić information content (AvgIpc) is 2.39. The van der Waals surface area contributed by atoms with Gasteiger partial charge in [0.1, 0.15) is 0 Å². The quantitative estimate of drug-likeness (QED) is 0.516. The zero-order valence-corrected chi connectivity index (χ0v) is 13.7. The summed E-state index contributed by atoms with van der Waals surface area (Å²) in [6.45, 7) is 7.36. The highest BCUT2D eigenvalue weighted by Gasteiger charge is 2.16. The Hall–Kier alpha value is -1.10. The summed E-state index contributed by atoms with van der Waals surface area (Å²) in [4.78, 5) is 22.7. The molecule has 0 radical (unpaired) electrons. The second-order valence-electron chi connectivity index (χ2n) is 6.29. The third-order valence-electron chi connectivity index (χ3n) is 3.79. The fraction of sp³-hybridized carbons (Fsp3) is 0.875. The number of amides is 1. The molecule has 0 aromatic heterocycles. The van der Waals surface area contributed by atoms with Gasteiger partial charge in [-0.05, 0) is 43.6 Å². The smallest absolute Gasteiger partial charge is 0.303 e. The normalized spacial score (nSPS) is 14.0. The average molecular weight is 300 g/mol. The van der Waals surface area contributed by atoms with Gasteiger partial charge in [0.05, 0.1) is 0 Å². The van der Waals surface area contributed by atoms with E-state index in [2.05, 4.69) is 26.1 Å². The molecule has 1 amide bonds. The molecule has 0 aromatic rings. The molecule has 4 N–H and O–H groups in total. The van der Waals surface area contributed by atoms with Crippen LogP contribution in [0.25, 0.3) is 0 Å². The SMILES string of the molecule is CCC(CCN)CCC(=O)NC[C@H](CC(=O)O)CC(C)C. The Kier molecular flexibility index (Phi) is 10.9. The van der Waals surface area contributed by atoms with Crippen LogP contribution in [0.15, 0.2) is 0 Å². The first-order chi connectivity index (χ1) is 9.88. The Morgan fingerprint density at radius 2 is 1.86 bits per heavy atom. The lowest BCUT2D eigenvalue weighted by atomic mass is 9.93. The van der Waals surface area contributed by atoms with E-state index in [-0.39, 0.29) is 18.2 Å². The molecule has 0 aliphatic rings. The van der Waals surface area contributed by atoms with Crippen LogP contribution in [0.4, 0.5) is 0 Å². The van der Waals surface area contributed by atoms with Gasteiger partial charge >= 0.3 is 5.97 Å². The lowest BCUT2D eigenvalue weighted by Gasteiger charge is -2.18. The van der Waals surface area contributed by atoms with Gasteiger partial charge in [-0.3, -0.25) is 9.59 Å². The van der Waals surface area contributed by atoms with Crippen LogP contribution < -0.4 is 11.1 Å². The van der Waals surface area contributed by atoms with E-state index in [1.807, 2.05) is 0 Å². The summed E-state index contributed by atoms with van der Waals surface area (Å²) in [7, 11) is 0. The zero-order chi connectivity index (χ0) is 16.3. The van der Waals surface area contributed by atoms with E-state index < -0.39 is 5.97 Å². The number of rotatable bonds is 12. The molecule has 1 unspecified atom stereocenters. The minimum atomic E-state index is -0.802.